The molecule has 1 heterocycles. The maximum atomic E-state index is 14.0. The lowest BCUT2D eigenvalue weighted by atomic mass is 10.1. The lowest BCUT2D eigenvalue weighted by molar-refractivity contribution is 0.0967. The summed E-state index contributed by atoms with van der Waals surface area (Å²) < 4.78 is 19.1. The zero-order valence-electron chi connectivity index (χ0n) is 17.3. The van der Waals surface area contributed by atoms with Crippen LogP contribution in [0.2, 0.25) is 0 Å². The molecule has 0 saturated heterocycles. The Morgan fingerprint density at radius 3 is 2.44 bits per heavy atom. The molecule has 0 saturated carbocycles. The summed E-state index contributed by atoms with van der Waals surface area (Å²) in [6, 6.07) is 17.4. The molecule has 0 atom stereocenters. The number of halogens is 1. The number of amides is 3. The van der Waals surface area contributed by atoms with Crippen LogP contribution in [0.3, 0.4) is 0 Å². The maximum Gasteiger partial charge on any atom is 0.326 e. The van der Waals surface area contributed by atoms with Crippen LogP contribution in [0.15, 0.2) is 71.3 Å². The highest BCUT2D eigenvalue weighted by Crippen LogP contribution is 2.24. The highest BCUT2D eigenvalue weighted by atomic mass is 19.1. The highest BCUT2D eigenvalue weighted by Gasteiger charge is 2.16. The molecule has 3 aromatic carbocycles. The molecule has 3 amide bonds. The number of nitrogens with one attached hydrogen (secondary N) is 2. The summed E-state index contributed by atoms with van der Waals surface area (Å²) in [4.78, 5) is 29.0. The van der Waals surface area contributed by atoms with Gasteiger partial charge in [-0.15, -0.1) is 0 Å². The summed E-state index contributed by atoms with van der Waals surface area (Å²) >= 11 is 0. The zero-order chi connectivity index (χ0) is 22.7. The molecule has 160 valence electrons. The zero-order valence-corrected chi connectivity index (χ0v) is 17.3. The largest absolute Gasteiger partial charge is 0.334 e. The molecule has 4 aromatic rings. The number of aromatic nitrogens is 2. The predicted octanol–water partition coefficient (Wildman–Crippen LogP) is 5.12. The Labute approximate surface area is 183 Å². The number of benzene rings is 3. The van der Waals surface area contributed by atoms with Crippen LogP contribution in [-0.2, 0) is 0 Å². The Bertz CT molecular complexity index is 1300. The summed E-state index contributed by atoms with van der Waals surface area (Å²) in [5.74, 6) is -0.851. The third-order valence-electron chi connectivity index (χ3n) is 4.62. The first-order valence-corrected chi connectivity index (χ1v) is 9.79. The van der Waals surface area contributed by atoms with Crippen LogP contribution in [0.25, 0.3) is 22.8 Å². The molecule has 0 spiro atoms. The minimum absolute atomic E-state index is 0.0285. The fourth-order valence-corrected chi connectivity index (χ4v) is 3.27. The number of nitrogens with zero attached hydrogens (tertiary/aromatic N) is 2. The van der Waals surface area contributed by atoms with Crippen LogP contribution < -0.4 is 10.6 Å². The van der Waals surface area contributed by atoms with E-state index in [1.54, 1.807) is 42.5 Å². The van der Waals surface area contributed by atoms with E-state index in [0.717, 1.165) is 11.1 Å². The molecule has 0 aliphatic rings. The highest BCUT2D eigenvalue weighted by molar-refractivity contribution is 6.08. The van der Waals surface area contributed by atoms with Crippen molar-refractivity contribution < 1.29 is 18.5 Å². The molecule has 0 bridgehead atoms. The normalized spacial score (nSPS) is 10.6. The van der Waals surface area contributed by atoms with Crippen LogP contribution >= 0.6 is 0 Å². The van der Waals surface area contributed by atoms with E-state index in [1.165, 1.54) is 18.2 Å². The van der Waals surface area contributed by atoms with Crippen LogP contribution in [-0.4, -0.2) is 22.1 Å². The van der Waals surface area contributed by atoms with Gasteiger partial charge in [0.1, 0.15) is 5.82 Å². The van der Waals surface area contributed by atoms with E-state index in [9.17, 15) is 14.0 Å². The van der Waals surface area contributed by atoms with Crippen molar-refractivity contribution in [3.8, 4) is 22.8 Å². The predicted molar refractivity (Wildman–Crippen MR) is 118 cm³/mol. The van der Waals surface area contributed by atoms with Gasteiger partial charge in [0, 0.05) is 16.8 Å². The van der Waals surface area contributed by atoms with Crippen molar-refractivity contribution in [1.29, 1.82) is 0 Å². The van der Waals surface area contributed by atoms with E-state index < -0.39 is 17.8 Å². The molecule has 4 rings (SSSR count). The summed E-state index contributed by atoms with van der Waals surface area (Å²) in [6.45, 7) is 3.84. The number of hydrogen-bond donors (Lipinski definition) is 2. The van der Waals surface area contributed by atoms with Gasteiger partial charge in [0.2, 0.25) is 5.82 Å². The quantitative estimate of drug-likeness (QED) is 0.468. The van der Waals surface area contributed by atoms with E-state index in [4.69, 9.17) is 4.52 Å². The second kappa shape index (κ2) is 8.81. The topological polar surface area (TPSA) is 97.1 Å². The Kier molecular flexibility index (Phi) is 5.76. The van der Waals surface area contributed by atoms with E-state index in [-0.39, 0.29) is 22.8 Å². The summed E-state index contributed by atoms with van der Waals surface area (Å²) in [5.41, 5.74) is 3.48. The van der Waals surface area contributed by atoms with Crippen molar-refractivity contribution in [3.63, 3.8) is 0 Å². The molecule has 2 N–H and O–H groups in total. The third-order valence-corrected chi connectivity index (χ3v) is 4.62. The van der Waals surface area contributed by atoms with Gasteiger partial charge in [-0.2, -0.15) is 4.98 Å². The maximum absolute atomic E-state index is 14.0. The van der Waals surface area contributed by atoms with Crippen molar-refractivity contribution in [2.75, 3.05) is 5.32 Å². The van der Waals surface area contributed by atoms with Gasteiger partial charge in [0.05, 0.1) is 5.56 Å². The second-order valence-corrected chi connectivity index (χ2v) is 7.27. The molecule has 0 radical (unpaired) electrons. The average molecular weight is 430 g/mol. The van der Waals surface area contributed by atoms with Gasteiger partial charge in [0.15, 0.2) is 0 Å². The molecule has 0 aliphatic carbocycles. The van der Waals surface area contributed by atoms with Crippen LogP contribution in [0.4, 0.5) is 14.9 Å². The molecule has 7 nitrogen and oxygen atoms in total. The van der Waals surface area contributed by atoms with Gasteiger partial charge < -0.3 is 9.84 Å². The Morgan fingerprint density at radius 1 is 0.938 bits per heavy atom. The van der Waals surface area contributed by atoms with Crippen LogP contribution in [0.5, 0.6) is 0 Å². The second-order valence-electron chi connectivity index (χ2n) is 7.27. The number of urea groups is 1. The molecule has 0 fully saturated rings. The molecule has 32 heavy (non-hydrogen) atoms. The Morgan fingerprint density at radius 2 is 1.69 bits per heavy atom. The monoisotopic (exact) mass is 430 g/mol. The fourth-order valence-electron chi connectivity index (χ4n) is 3.27. The molecule has 8 heteroatoms. The van der Waals surface area contributed by atoms with Gasteiger partial charge in [-0.3, -0.25) is 10.1 Å². The van der Waals surface area contributed by atoms with Gasteiger partial charge >= 0.3 is 6.03 Å². The lowest BCUT2D eigenvalue weighted by Gasteiger charge is -2.09. The van der Waals surface area contributed by atoms with Gasteiger partial charge in [-0.05, 0) is 61.4 Å². The van der Waals surface area contributed by atoms with Crippen molar-refractivity contribution in [3.05, 3.63) is 89.2 Å². The number of carbonyl (C=O) groups excluding carboxylic acids is 2. The van der Waals surface area contributed by atoms with Crippen molar-refractivity contribution >= 4 is 17.6 Å². The number of anilines is 1. The molecular weight excluding hydrogens is 411 g/mol. The van der Waals surface area contributed by atoms with Gasteiger partial charge in [0.25, 0.3) is 11.8 Å². The van der Waals surface area contributed by atoms with E-state index in [0.29, 0.717) is 11.3 Å². The SMILES string of the molecule is Cc1cc(C)cc(NC(=O)NC(=O)c2cccc(-c3noc(-c4ccccc4F)n3)c2)c1. The van der Waals surface area contributed by atoms with Crippen LogP contribution in [0, 0.1) is 19.7 Å². The molecule has 1 aromatic heterocycles. The number of imide groups is 1. The number of carbonyl (C=O) groups is 2. The summed E-state index contributed by atoms with van der Waals surface area (Å²) in [5, 5.41) is 8.82. The average Bonchev–Trinajstić information content (AvgIpc) is 3.23. The minimum atomic E-state index is -0.646. The van der Waals surface area contributed by atoms with Gasteiger partial charge in [-0.25, -0.2) is 9.18 Å². The fraction of sp³-hybridized carbons (Fsp3) is 0.0833. The van der Waals surface area contributed by atoms with E-state index in [1.807, 2.05) is 19.9 Å². The first-order chi connectivity index (χ1) is 15.4. The van der Waals surface area contributed by atoms with Crippen molar-refractivity contribution in [1.82, 2.24) is 15.5 Å². The summed E-state index contributed by atoms with van der Waals surface area (Å²) in [7, 11) is 0. The third kappa shape index (κ3) is 4.70. The van der Waals surface area contributed by atoms with Crippen LogP contribution in [0.1, 0.15) is 21.5 Å². The van der Waals surface area contributed by atoms with Crippen molar-refractivity contribution in [2.24, 2.45) is 0 Å². The Hall–Kier alpha value is -4.33. The Balaban J connectivity index is 1.48. The lowest BCUT2D eigenvalue weighted by Crippen LogP contribution is -2.34. The standard InChI is InChI=1S/C24H19FN4O3/c1-14-10-15(2)12-18(11-14)26-24(31)28-22(30)17-7-5-6-16(13-17)21-27-23(32-29-21)19-8-3-4-9-20(19)25/h3-13H,1-2H3,(H2,26,28,30,31). The molecular formula is C24H19FN4O3. The summed E-state index contributed by atoms with van der Waals surface area (Å²) in [6.07, 6.45) is 0. The number of hydrogen-bond acceptors (Lipinski definition) is 5. The van der Waals surface area contributed by atoms with E-state index in [2.05, 4.69) is 20.8 Å². The molecule has 0 unspecified atom stereocenters. The molecule has 0 aliphatic heterocycles. The smallest absolute Gasteiger partial charge is 0.326 e. The minimum Gasteiger partial charge on any atom is -0.334 e. The first-order valence-electron chi connectivity index (χ1n) is 9.79. The van der Waals surface area contributed by atoms with E-state index >= 15 is 0 Å². The number of aryl methyl sites for hydroxylation is 2. The van der Waals surface area contributed by atoms with Gasteiger partial charge in [-0.1, -0.05) is 35.5 Å². The first kappa shape index (κ1) is 20.9. The van der Waals surface area contributed by atoms with Crippen molar-refractivity contribution in [2.45, 2.75) is 13.8 Å². The number of rotatable bonds is 4.